The van der Waals surface area contributed by atoms with Crippen LogP contribution in [0.15, 0.2) is 36.8 Å². The summed E-state index contributed by atoms with van der Waals surface area (Å²) in [4.78, 5) is 7.11. The van der Waals surface area contributed by atoms with Gasteiger partial charge in [0.1, 0.15) is 0 Å². The van der Waals surface area contributed by atoms with Crippen LogP contribution in [0.4, 0.5) is 0 Å². The van der Waals surface area contributed by atoms with Crippen LogP contribution in [0.1, 0.15) is 30.2 Å². The average Bonchev–Trinajstić information content (AvgIpc) is 2.87. The number of H-pyrrole nitrogens is 1. The first-order valence-electron chi connectivity index (χ1n) is 6.50. The molecule has 1 heterocycles. The van der Waals surface area contributed by atoms with Crippen molar-refractivity contribution in [1.29, 1.82) is 0 Å². The molecule has 0 saturated carbocycles. The van der Waals surface area contributed by atoms with Gasteiger partial charge < -0.3 is 10.3 Å². The summed E-state index contributed by atoms with van der Waals surface area (Å²) in [5.74, 6) is 0. The zero-order valence-corrected chi connectivity index (χ0v) is 11.1. The zero-order valence-electron chi connectivity index (χ0n) is 11.1. The molecule has 2 rings (SSSR count). The Kier molecular flexibility index (Phi) is 4.53. The van der Waals surface area contributed by atoms with Crippen molar-refractivity contribution in [2.75, 3.05) is 0 Å². The third kappa shape index (κ3) is 4.00. The Labute approximate surface area is 109 Å². The number of hydrogen-bond donors (Lipinski definition) is 2. The number of nitrogens with zero attached hydrogens (tertiary/aromatic N) is 1. The first kappa shape index (κ1) is 12.8. The number of imidazole rings is 1. The predicted octanol–water partition coefficient (Wildman–Crippen LogP) is 2.83. The van der Waals surface area contributed by atoms with Crippen LogP contribution in [0.2, 0.25) is 0 Å². The van der Waals surface area contributed by atoms with Crippen LogP contribution in [0.5, 0.6) is 0 Å². The minimum absolute atomic E-state index is 0.508. The van der Waals surface area contributed by atoms with Crippen LogP contribution in [0.3, 0.4) is 0 Å². The monoisotopic (exact) mass is 243 g/mol. The highest BCUT2D eigenvalue weighted by Crippen LogP contribution is 2.08. The van der Waals surface area contributed by atoms with Gasteiger partial charge in [0.05, 0.1) is 6.33 Å². The minimum Gasteiger partial charge on any atom is -0.347 e. The number of rotatable bonds is 6. The molecule has 1 unspecified atom stereocenters. The topological polar surface area (TPSA) is 40.7 Å². The molecule has 1 atom stereocenters. The zero-order chi connectivity index (χ0) is 12.8. The van der Waals surface area contributed by atoms with E-state index in [-0.39, 0.29) is 0 Å². The van der Waals surface area contributed by atoms with E-state index in [2.05, 4.69) is 53.4 Å². The molecule has 1 aromatic carbocycles. The fourth-order valence-corrected chi connectivity index (χ4v) is 2.02. The van der Waals surface area contributed by atoms with Gasteiger partial charge in [0.15, 0.2) is 0 Å². The second-order valence-corrected chi connectivity index (χ2v) is 4.89. The van der Waals surface area contributed by atoms with E-state index < -0.39 is 0 Å². The van der Waals surface area contributed by atoms with Crippen molar-refractivity contribution in [2.45, 2.75) is 39.3 Å². The minimum atomic E-state index is 0.508. The van der Waals surface area contributed by atoms with Crippen LogP contribution in [0, 0.1) is 6.92 Å². The lowest BCUT2D eigenvalue weighted by Crippen LogP contribution is -2.26. The Morgan fingerprint density at radius 2 is 2.28 bits per heavy atom. The quantitative estimate of drug-likeness (QED) is 0.819. The third-order valence-corrected chi connectivity index (χ3v) is 3.14. The predicted molar refractivity (Wildman–Crippen MR) is 74.4 cm³/mol. The van der Waals surface area contributed by atoms with Gasteiger partial charge in [-0.05, 0) is 32.3 Å². The van der Waals surface area contributed by atoms with E-state index in [0.717, 1.165) is 25.1 Å². The summed E-state index contributed by atoms with van der Waals surface area (Å²) >= 11 is 0. The summed E-state index contributed by atoms with van der Waals surface area (Å²) in [7, 11) is 0. The van der Waals surface area contributed by atoms with E-state index in [4.69, 9.17) is 0 Å². The van der Waals surface area contributed by atoms with Gasteiger partial charge in [-0.1, -0.05) is 29.8 Å². The maximum Gasteiger partial charge on any atom is 0.0922 e. The van der Waals surface area contributed by atoms with E-state index in [1.54, 1.807) is 6.33 Å². The summed E-state index contributed by atoms with van der Waals surface area (Å²) in [6.45, 7) is 5.23. The summed E-state index contributed by atoms with van der Waals surface area (Å²) in [5.41, 5.74) is 3.90. The Hall–Kier alpha value is -1.61. The highest BCUT2D eigenvalue weighted by atomic mass is 14.9. The molecule has 18 heavy (non-hydrogen) atoms. The van der Waals surface area contributed by atoms with Gasteiger partial charge in [-0.25, -0.2) is 4.98 Å². The Morgan fingerprint density at radius 1 is 1.39 bits per heavy atom. The van der Waals surface area contributed by atoms with Crippen molar-refractivity contribution in [3.8, 4) is 0 Å². The van der Waals surface area contributed by atoms with Gasteiger partial charge >= 0.3 is 0 Å². The molecule has 96 valence electrons. The van der Waals surface area contributed by atoms with Crippen molar-refractivity contribution in [3.05, 3.63) is 53.6 Å². The highest BCUT2D eigenvalue weighted by Gasteiger charge is 2.03. The Bertz CT molecular complexity index is 462. The van der Waals surface area contributed by atoms with Gasteiger partial charge in [0.25, 0.3) is 0 Å². The summed E-state index contributed by atoms with van der Waals surface area (Å²) in [5, 5.41) is 3.50. The molecule has 0 radical (unpaired) electrons. The van der Waals surface area contributed by atoms with Gasteiger partial charge in [-0.2, -0.15) is 0 Å². The van der Waals surface area contributed by atoms with Gasteiger partial charge in [0, 0.05) is 24.5 Å². The molecule has 0 aliphatic rings. The molecule has 0 fully saturated rings. The van der Waals surface area contributed by atoms with Gasteiger partial charge in [-0.15, -0.1) is 0 Å². The van der Waals surface area contributed by atoms with Crippen molar-refractivity contribution < 1.29 is 0 Å². The van der Waals surface area contributed by atoms with Crippen LogP contribution >= 0.6 is 0 Å². The normalized spacial score (nSPS) is 12.6. The van der Waals surface area contributed by atoms with Crippen molar-refractivity contribution in [3.63, 3.8) is 0 Å². The lowest BCUT2D eigenvalue weighted by Gasteiger charge is -2.13. The van der Waals surface area contributed by atoms with Gasteiger partial charge in [-0.3, -0.25) is 0 Å². The molecule has 2 aromatic rings. The maximum atomic E-state index is 4.01. The fraction of sp³-hybridized carbons (Fsp3) is 0.400. The first-order valence-corrected chi connectivity index (χ1v) is 6.50. The molecular weight excluding hydrogens is 222 g/mol. The van der Waals surface area contributed by atoms with Gasteiger partial charge in [0.2, 0.25) is 0 Å². The van der Waals surface area contributed by atoms with Crippen molar-refractivity contribution in [1.82, 2.24) is 15.3 Å². The molecule has 2 N–H and O–H groups in total. The smallest absolute Gasteiger partial charge is 0.0922 e. The Balaban J connectivity index is 1.73. The SMILES string of the molecule is Cc1cccc(CCC(C)NCc2cnc[nH]2)c1. The third-order valence-electron chi connectivity index (χ3n) is 3.14. The fourth-order valence-electron chi connectivity index (χ4n) is 2.02. The number of hydrogen-bond acceptors (Lipinski definition) is 2. The largest absolute Gasteiger partial charge is 0.347 e. The molecule has 0 saturated heterocycles. The van der Waals surface area contributed by atoms with Crippen molar-refractivity contribution >= 4 is 0 Å². The molecule has 0 amide bonds. The number of aromatic amines is 1. The van der Waals surface area contributed by atoms with Crippen LogP contribution < -0.4 is 5.32 Å². The van der Waals surface area contributed by atoms with E-state index >= 15 is 0 Å². The van der Waals surface area contributed by atoms with E-state index in [0.29, 0.717) is 6.04 Å². The summed E-state index contributed by atoms with van der Waals surface area (Å²) in [6.07, 6.45) is 5.85. The molecule has 0 aliphatic heterocycles. The molecular formula is C15H21N3. The van der Waals surface area contributed by atoms with Crippen LogP contribution in [-0.2, 0) is 13.0 Å². The first-order chi connectivity index (χ1) is 8.74. The molecule has 0 bridgehead atoms. The van der Waals surface area contributed by atoms with E-state index in [1.807, 2.05) is 6.20 Å². The molecule has 0 aliphatic carbocycles. The van der Waals surface area contributed by atoms with E-state index in [9.17, 15) is 0 Å². The van der Waals surface area contributed by atoms with Crippen LogP contribution in [-0.4, -0.2) is 16.0 Å². The Morgan fingerprint density at radius 3 is 3.00 bits per heavy atom. The molecule has 0 spiro atoms. The average molecular weight is 243 g/mol. The summed E-state index contributed by atoms with van der Waals surface area (Å²) < 4.78 is 0. The summed E-state index contributed by atoms with van der Waals surface area (Å²) in [6, 6.07) is 9.25. The highest BCUT2D eigenvalue weighted by molar-refractivity contribution is 5.22. The molecule has 3 heteroatoms. The molecule has 1 aromatic heterocycles. The second kappa shape index (κ2) is 6.36. The van der Waals surface area contributed by atoms with E-state index in [1.165, 1.54) is 11.1 Å². The standard InChI is InChI=1S/C15H21N3/c1-12-4-3-5-14(8-12)7-6-13(2)17-10-15-9-16-11-18-15/h3-5,8-9,11,13,17H,6-7,10H2,1-2H3,(H,16,18). The number of benzene rings is 1. The van der Waals surface area contributed by atoms with Crippen LogP contribution in [0.25, 0.3) is 0 Å². The number of aromatic nitrogens is 2. The van der Waals surface area contributed by atoms with Crippen molar-refractivity contribution in [2.24, 2.45) is 0 Å². The number of aryl methyl sites for hydroxylation is 2. The lowest BCUT2D eigenvalue weighted by molar-refractivity contribution is 0.510. The lowest BCUT2D eigenvalue weighted by atomic mass is 10.0. The maximum absolute atomic E-state index is 4.01. The second-order valence-electron chi connectivity index (χ2n) is 4.89. The molecule has 3 nitrogen and oxygen atoms in total. The number of nitrogens with one attached hydrogen (secondary N) is 2.